The number of aromatic nitrogens is 2. The molecule has 0 spiro atoms. The lowest BCUT2D eigenvalue weighted by Gasteiger charge is -2.16. The fourth-order valence-corrected chi connectivity index (χ4v) is 3.65. The van der Waals surface area contributed by atoms with Gasteiger partial charge in [-0.15, -0.1) is 11.3 Å². The van der Waals surface area contributed by atoms with Crippen LogP contribution in [0.1, 0.15) is 26.8 Å². The first-order valence-electron chi connectivity index (χ1n) is 7.92. The Kier molecular flexibility index (Phi) is 4.85. The maximum atomic E-state index is 12.6. The number of hydrogen-bond donors (Lipinski definition) is 1. The second-order valence-corrected chi connectivity index (χ2v) is 7.04. The SMILES string of the molecule is COc1cc(C)sc1C(=O)N(C)CCCc1nc2ccccc2[nH]1. The Labute approximate surface area is 145 Å². The van der Waals surface area contributed by atoms with Crippen molar-refractivity contribution in [3.63, 3.8) is 0 Å². The number of carbonyl (C=O) groups excluding carboxylic acids is 1. The molecule has 0 radical (unpaired) electrons. The molecule has 3 aromatic rings. The van der Waals surface area contributed by atoms with Crippen LogP contribution in [0.4, 0.5) is 0 Å². The number of thiophene rings is 1. The summed E-state index contributed by atoms with van der Waals surface area (Å²) >= 11 is 1.47. The van der Waals surface area contributed by atoms with E-state index in [4.69, 9.17) is 4.74 Å². The van der Waals surface area contributed by atoms with Crippen molar-refractivity contribution >= 4 is 28.3 Å². The third kappa shape index (κ3) is 3.43. The van der Waals surface area contributed by atoms with E-state index in [1.165, 1.54) is 11.3 Å². The minimum Gasteiger partial charge on any atom is -0.495 e. The first-order chi connectivity index (χ1) is 11.6. The Morgan fingerprint density at radius 3 is 2.92 bits per heavy atom. The van der Waals surface area contributed by atoms with E-state index in [2.05, 4.69) is 9.97 Å². The molecule has 0 aliphatic rings. The quantitative estimate of drug-likeness (QED) is 0.743. The monoisotopic (exact) mass is 343 g/mol. The molecule has 6 heteroatoms. The van der Waals surface area contributed by atoms with E-state index < -0.39 is 0 Å². The molecule has 0 atom stereocenters. The van der Waals surface area contributed by atoms with Crippen LogP contribution < -0.4 is 4.74 Å². The smallest absolute Gasteiger partial charge is 0.267 e. The number of imidazole rings is 1. The van der Waals surface area contributed by atoms with Gasteiger partial charge in [0.25, 0.3) is 5.91 Å². The van der Waals surface area contributed by atoms with Gasteiger partial charge in [-0.3, -0.25) is 4.79 Å². The van der Waals surface area contributed by atoms with Crippen molar-refractivity contribution < 1.29 is 9.53 Å². The molecule has 0 aliphatic heterocycles. The maximum Gasteiger partial charge on any atom is 0.267 e. The van der Waals surface area contributed by atoms with E-state index in [1.807, 2.05) is 44.3 Å². The molecule has 1 N–H and O–H groups in total. The normalized spacial score (nSPS) is 11.0. The van der Waals surface area contributed by atoms with Crippen LogP contribution in [-0.4, -0.2) is 41.5 Å². The second kappa shape index (κ2) is 7.05. The van der Waals surface area contributed by atoms with Gasteiger partial charge in [0.2, 0.25) is 0 Å². The van der Waals surface area contributed by atoms with Crippen molar-refractivity contribution in [3.05, 3.63) is 45.9 Å². The first kappa shape index (κ1) is 16.5. The number of rotatable bonds is 6. The van der Waals surface area contributed by atoms with Crippen molar-refractivity contribution in [2.45, 2.75) is 19.8 Å². The number of para-hydroxylation sites is 2. The number of ether oxygens (including phenoxy) is 1. The molecule has 24 heavy (non-hydrogen) atoms. The number of methoxy groups -OCH3 is 1. The van der Waals surface area contributed by atoms with E-state index in [0.717, 1.165) is 34.6 Å². The van der Waals surface area contributed by atoms with Crippen molar-refractivity contribution in [2.75, 3.05) is 20.7 Å². The van der Waals surface area contributed by atoms with Gasteiger partial charge >= 0.3 is 0 Å². The number of H-pyrrole nitrogens is 1. The maximum absolute atomic E-state index is 12.6. The second-order valence-electron chi connectivity index (χ2n) is 5.79. The zero-order valence-electron chi connectivity index (χ0n) is 14.1. The summed E-state index contributed by atoms with van der Waals surface area (Å²) in [7, 11) is 3.43. The van der Waals surface area contributed by atoms with Crippen molar-refractivity contribution in [2.24, 2.45) is 0 Å². The highest BCUT2D eigenvalue weighted by molar-refractivity contribution is 7.14. The predicted molar refractivity (Wildman–Crippen MR) is 97.0 cm³/mol. The van der Waals surface area contributed by atoms with E-state index in [9.17, 15) is 4.79 Å². The number of nitrogens with one attached hydrogen (secondary N) is 1. The summed E-state index contributed by atoms with van der Waals surface area (Å²) in [5, 5.41) is 0. The third-order valence-corrected chi connectivity index (χ3v) is 4.95. The molecule has 3 rings (SSSR count). The van der Waals surface area contributed by atoms with Crippen LogP contribution in [0, 0.1) is 6.92 Å². The van der Waals surface area contributed by atoms with Gasteiger partial charge in [0, 0.05) is 24.9 Å². The van der Waals surface area contributed by atoms with Gasteiger partial charge in [-0.25, -0.2) is 4.98 Å². The zero-order valence-corrected chi connectivity index (χ0v) is 14.9. The fraction of sp³-hybridized carbons (Fsp3) is 0.333. The molecule has 0 unspecified atom stereocenters. The van der Waals surface area contributed by atoms with Crippen LogP contribution in [0.15, 0.2) is 30.3 Å². The molecule has 0 saturated carbocycles. The average Bonchev–Trinajstić information content (AvgIpc) is 3.16. The molecule has 0 fully saturated rings. The topological polar surface area (TPSA) is 58.2 Å². The van der Waals surface area contributed by atoms with Gasteiger partial charge in [0.05, 0.1) is 18.1 Å². The predicted octanol–water partition coefficient (Wildman–Crippen LogP) is 3.65. The average molecular weight is 343 g/mol. The Balaban J connectivity index is 1.58. The Hall–Kier alpha value is -2.34. The number of carbonyl (C=O) groups is 1. The van der Waals surface area contributed by atoms with Crippen LogP contribution in [0.3, 0.4) is 0 Å². The van der Waals surface area contributed by atoms with Gasteiger partial charge < -0.3 is 14.6 Å². The molecule has 1 amide bonds. The lowest BCUT2D eigenvalue weighted by molar-refractivity contribution is 0.0795. The highest BCUT2D eigenvalue weighted by atomic mass is 32.1. The summed E-state index contributed by atoms with van der Waals surface area (Å²) in [6.45, 7) is 2.65. The summed E-state index contributed by atoms with van der Waals surface area (Å²) in [6, 6.07) is 9.90. The summed E-state index contributed by atoms with van der Waals surface area (Å²) in [5.41, 5.74) is 2.03. The number of fused-ring (bicyclic) bond motifs is 1. The highest BCUT2D eigenvalue weighted by Crippen LogP contribution is 2.29. The molecule has 0 saturated heterocycles. The minimum absolute atomic E-state index is 0.00885. The number of aryl methyl sites for hydroxylation is 2. The van der Waals surface area contributed by atoms with E-state index >= 15 is 0 Å². The lowest BCUT2D eigenvalue weighted by Crippen LogP contribution is -2.27. The minimum atomic E-state index is 0.00885. The molecule has 0 aliphatic carbocycles. The molecule has 0 bridgehead atoms. The first-order valence-corrected chi connectivity index (χ1v) is 8.73. The van der Waals surface area contributed by atoms with Gasteiger partial charge in [-0.1, -0.05) is 12.1 Å². The van der Waals surface area contributed by atoms with Crippen molar-refractivity contribution in [1.82, 2.24) is 14.9 Å². The van der Waals surface area contributed by atoms with Crippen molar-refractivity contribution in [3.8, 4) is 5.75 Å². The Morgan fingerprint density at radius 2 is 2.17 bits per heavy atom. The van der Waals surface area contributed by atoms with Crippen molar-refractivity contribution in [1.29, 1.82) is 0 Å². The largest absolute Gasteiger partial charge is 0.495 e. The van der Waals surface area contributed by atoms with Crippen LogP contribution in [0.5, 0.6) is 5.75 Å². The summed E-state index contributed by atoms with van der Waals surface area (Å²) in [6.07, 6.45) is 1.67. The Bertz CT molecular complexity index is 820. The molecule has 5 nitrogen and oxygen atoms in total. The summed E-state index contributed by atoms with van der Waals surface area (Å²) in [5.74, 6) is 1.63. The number of hydrogen-bond acceptors (Lipinski definition) is 4. The zero-order chi connectivity index (χ0) is 17.1. The van der Waals surface area contributed by atoms with Crippen LogP contribution >= 0.6 is 11.3 Å². The van der Waals surface area contributed by atoms with E-state index in [-0.39, 0.29) is 5.91 Å². The van der Waals surface area contributed by atoms with E-state index in [1.54, 1.807) is 12.0 Å². The number of aromatic amines is 1. The van der Waals surface area contributed by atoms with Gasteiger partial charge in [0.1, 0.15) is 16.5 Å². The van der Waals surface area contributed by atoms with E-state index in [0.29, 0.717) is 17.2 Å². The summed E-state index contributed by atoms with van der Waals surface area (Å²) in [4.78, 5) is 23.9. The molecular weight excluding hydrogens is 322 g/mol. The Morgan fingerprint density at radius 1 is 1.38 bits per heavy atom. The molecule has 126 valence electrons. The third-order valence-electron chi connectivity index (χ3n) is 3.93. The molecule has 2 heterocycles. The lowest BCUT2D eigenvalue weighted by atomic mass is 10.2. The van der Waals surface area contributed by atoms with Gasteiger partial charge in [-0.05, 0) is 31.5 Å². The van der Waals surface area contributed by atoms with Crippen LogP contribution in [0.25, 0.3) is 11.0 Å². The number of benzene rings is 1. The summed E-state index contributed by atoms with van der Waals surface area (Å²) < 4.78 is 5.29. The molecule has 2 aromatic heterocycles. The standard InChI is InChI=1S/C18H21N3O2S/c1-12-11-15(23-3)17(24-12)18(22)21(2)10-6-9-16-19-13-7-4-5-8-14(13)20-16/h4-5,7-8,11H,6,9-10H2,1-3H3,(H,19,20). The van der Waals surface area contributed by atoms with Gasteiger partial charge in [0.15, 0.2) is 0 Å². The highest BCUT2D eigenvalue weighted by Gasteiger charge is 2.19. The fourth-order valence-electron chi connectivity index (χ4n) is 2.67. The van der Waals surface area contributed by atoms with Crippen LogP contribution in [0.2, 0.25) is 0 Å². The van der Waals surface area contributed by atoms with Crippen LogP contribution in [-0.2, 0) is 6.42 Å². The molecular formula is C18H21N3O2S. The number of nitrogens with zero attached hydrogens (tertiary/aromatic N) is 2. The molecule has 1 aromatic carbocycles. The van der Waals surface area contributed by atoms with Gasteiger partial charge in [-0.2, -0.15) is 0 Å². The number of amides is 1.